The molecule has 1 atom stereocenters. The van der Waals surface area contributed by atoms with Crippen LogP contribution in [0.15, 0.2) is 65.8 Å². The van der Waals surface area contributed by atoms with Gasteiger partial charge in [0.15, 0.2) is 0 Å². The van der Waals surface area contributed by atoms with E-state index in [2.05, 4.69) is 10.1 Å². The lowest BCUT2D eigenvalue weighted by molar-refractivity contribution is 0.117. The third-order valence-electron chi connectivity index (χ3n) is 3.49. The molecule has 0 saturated heterocycles. The van der Waals surface area contributed by atoms with Crippen molar-refractivity contribution in [3.05, 3.63) is 71.8 Å². The summed E-state index contributed by atoms with van der Waals surface area (Å²) in [6.45, 7) is 3.45. The van der Waals surface area contributed by atoms with E-state index in [1.165, 1.54) is 0 Å². The minimum atomic E-state index is -0.573. The number of aliphatic hydroxyl groups excluding tert-OH is 1. The second kappa shape index (κ2) is 8.32. The quantitative estimate of drug-likeness (QED) is 0.469. The molecule has 0 aliphatic heterocycles. The SMILES string of the molecule is CC(CN(Cc1ccccc1)CC(O)c1ccccc1)=NO. The molecule has 4 nitrogen and oxygen atoms in total. The number of aliphatic hydroxyl groups is 1. The molecule has 2 rings (SSSR count). The monoisotopic (exact) mass is 298 g/mol. The zero-order valence-corrected chi connectivity index (χ0v) is 12.8. The van der Waals surface area contributed by atoms with Crippen LogP contribution in [-0.4, -0.2) is 34.0 Å². The maximum Gasteiger partial charge on any atom is 0.0917 e. The Bertz CT molecular complexity index is 585. The Hall–Kier alpha value is -2.17. The van der Waals surface area contributed by atoms with Crippen LogP contribution in [0.4, 0.5) is 0 Å². The summed E-state index contributed by atoms with van der Waals surface area (Å²) in [5.74, 6) is 0. The first kappa shape index (κ1) is 16.2. The van der Waals surface area contributed by atoms with Gasteiger partial charge in [0.1, 0.15) is 0 Å². The van der Waals surface area contributed by atoms with E-state index in [4.69, 9.17) is 5.21 Å². The molecular weight excluding hydrogens is 276 g/mol. The summed E-state index contributed by atoms with van der Waals surface area (Å²) in [7, 11) is 0. The van der Waals surface area contributed by atoms with E-state index in [0.717, 1.165) is 11.1 Å². The zero-order chi connectivity index (χ0) is 15.8. The molecule has 2 N–H and O–H groups in total. The molecule has 4 heteroatoms. The van der Waals surface area contributed by atoms with Crippen molar-refractivity contribution in [2.75, 3.05) is 13.1 Å². The number of hydrogen-bond donors (Lipinski definition) is 2. The number of oxime groups is 1. The van der Waals surface area contributed by atoms with E-state index in [0.29, 0.717) is 25.3 Å². The molecule has 0 bridgehead atoms. The molecular formula is C18H22N2O2. The third kappa shape index (κ3) is 4.98. The first-order chi connectivity index (χ1) is 10.7. The molecule has 0 aliphatic rings. The fourth-order valence-corrected chi connectivity index (χ4v) is 2.41. The number of nitrogens with zero attached hydrogens (tertiary/aromatic N) is 2. The van der Waals surface area contributed by atoms with Gasteiger partial charge in [-0.2, -0.15) is 0 Å². The average Bonchev–Trinajstić information content (AvgIpc) is 2.56. The lowest BCUT2D eigenvalue weighted by atomic mass is 10.1. The zero-order valence-electron chi connectivity index (χ0n) is 12.8. The molecule has 0 amide bonds. The van der Waals surface area contributed by atoms with Crippen molar-refractivity contribution in [2.24, 2.45) is 5.16 Å². The largest absolute Gasteiger partial charge is 0.411 e. The van der Waals surface area contributed by atoms with Gasteiger partial charge in [-0.3, -0.25) is 4.90 Å². The summed E-state index contributed by atoms with van der Waals surface area (Å²) in [5, 5.41) is 22.6. The Kier molecular flexibility index (Phi) is 6.13. The highest BCUT2D eigenvalue weighted by Crippen LogP contribution is 2.15. The Morgan fingerprint density at radius 1 is 1.05 bits per heavy atom. The lowest BCUT2D eigenvalue weighted by Crippen LogP contribution is -2.32. The van der Waals surface area contributed by atoms with E-state index < -0.39 is 6.10 Å². The maximum absolute atomic E-state index is 10.4. The molecule has 0 aromatic heterocycles. The average molecular weight is 298 g/mol. The summed E-state index contributed by atoms with van der Waals surface area (Å²) >= 11 is 0. The lowest BCUT2D eigenvalue weighted by Gasteiger charge is -2.25. The smallest absolute Gasteiger partial charge is 0.0917 e. The Balaban J connectivity index is 2.07. The van der Waals surface area contributed by atoms with Crippen LogP contribution in [0.25, 0.3) is 0 Å². The molecule has 0 saturated carbocycles. The molecule has 2 aromatic carbocycles. The Morgan fingerprint density at radius 2 is 1.64 bits per heavy atom. The topological polar surface area (TPSA) is 56.1 Å². The van der Waals surface area contributed by atoms with Crippen LogP contribution in [0.1, 0.15) is 24.2 Å². The molecule has 0 fully saturated rings. The van der Waals surface area contributed by atoms with Crippen LogP contribution in [0.5, 0.6) is 0 Å². The molecule has 22 heavy (non-hydrogen) atoms. The summed E-state index contributed by atoms with van der Waals surface area (Å²) in [5.41, 5.74) is 2.67. The van der Waals surface area contributed by atoms with E-state index in [1.807, 2.05) is 60.7 Å². The van der Waals surface area contributed by atoms with Gasteiger partial charge >= 0.3 is 0 Å². The van der Waals surface area contributed by atoms with E-state index in [-0.39, 0.29) is 0 Å². The van der Waals surface area contributed by atoms with Gasteiger partial charge < -0.3 is 10.3 Å². The standard InChI is InChI=1S/C18H22N2O2/c1-15(19-22)12-20(13-16-8-4-2-5-9-16)14-18(21)17-10-6-3-7-11-17/h2-11,18,21-22H,12-14H2,1H3. The molecule has 0 spiro atoms. The minimum Gasteiger partial charge on any atom is -0.411 e. The van der Waals surface area contributed by atoms with Crippen LogP contribution >= 0.6 is 0 Å². The Labute approximate surface area is 131 Å². The fourth-order valence-electron chi connectivity index (χ4n) is 2.41. The molecule has 0 aliphatic carbocycles. The highest BCUT2D eigenvalue weighted by molar-refractivity contribution is 5.83. The summed E-state index contributed by atoms with van der Waals surface area (Å²) in [6, 6.07) is 19.7. The van der Waals surface area contributed by atoms with Gasteiger partial charge in [0.2, 0.25) is 0 Å². The van der Waals surface area contributed by atoms with Crippen molar-refractivity contribution >= 4 is 5.71 Å². The maximum atomic E-state index is 10.4. The first-order valence-corrected chi connectivity index (χ1v) is 7.36. The Morgan fingerprint density at radius 3 is 2.23 bits per heavy atom. The summed E-state index contributed by atoms with van der Waals surface area (Å²) in [4.78, 5) is 2.07. The normalized spacial score (nSPS) is 13.3. The summed E-state index contributed by atoms with van der Waals surface area (Å²) in [6.07, 6.45) is -0.573. The van der Waals surface area contributed by atoms with Crippen LogP contribution < -0.4 is 0 Å². The van der Waals surface area contributed by atoms with Crippen molar-refractivity contribution < 1.29 is 10.3 Å². The number of hydrogen-bond acceptors (Lipinski definition) is 4. The van der Waals surface area contributed by atoms with Crippen LogP contribution in [0, 0.1) is 0 Å². The van der Waals surface area contributed by atoms with E-state index >= 15 is 0 Å². The van der Waals surface area contributed by atoms with E-state index in [9.17, 15) is 5.11 Å². The van der Waals surface area contributed by atoms with Crippen LogP contribution in [-0.2, 0) is 6.54 Å². The minimum absolute atomic E-state index is 0.478. The van der Waals surface area contributed by atoms with Crippen molar-refractivity contribution in [1.29, 1.82) is 0 Å². The molecule has 1 unspecified atom stereocenters. The van der Waals surface area contributed by atoms with Gasteiger partial charge in [-0.25, -0.2) is 0 Å². The van der Waals surface area contributed by atoms with Gasteiger partial charge in [-0.15, -0.1) is 0 Å². The van der Waals surface area contributed by atoms with Crippen molar-refractivity contribution in [3.63, 3.8) is 0 Å². The van der Waals surface area contributed by atoms with E-state index in [1.54, 1.807) is 6.92 Å². The van der Waals surface area contributed by atoms with Gasteiger partial charge in [-0.05, 0) is 18.1 Å². The predicted octanol–water partition coefficient (Wildman–Crippen LogP) is 3.07. The second-order valence-corrected chi connectivity index (χ2v) is 5.42. The van der Waals surface area contributed by atoms with Crippen molar-refractivity contribution in [3.8, 4) is 0 Å². The van der Waals surface area contributed by atoms with Crippen molar-refractivity contribution in [2.45, 2.75) is 19.6 Å². The highest BCUT2D eigenvalue weighted by atomic mass is 16.4. The first-order valence-electron chi connectivity index (χ1n) is 7.36. The van der Waals surface area contributed by atoms with Gasteiger partial charge in [0.25, 0.3) is 0 Å². The molecule has 116 valence electrons. The predicted molar refractivity (Wildman–Crippen MR) is 88.0 cm³/mol. The fraction of sp³-hybridized carbons (Fsp3) is 0.278. The highest BCUT2D eigenvalue weighted by Gasteiger charge is 2.15. The molecule has 2 aromatic rings. The van der Waals surface area contributed by atoms with Gasteiger partial charge in [-0.1, -0.05) is 65.8 Å². The van der Waals surface area contributed by atoms with Crippen LogP contribution in [0.2, 0.25) is 0 Å². The van der Waals surface area contributed by atoms with Gasteiger partial charge in [0.05, 0.1) is 11.8 Å². The molecule has 0 radical (unpaired) electrons. The van der Waals surface area contributed by atoms with Gasteiger partial charge in [0, 0.05) is 19.6 Å². The number of rotatable bonds is 7. The molecule has 0 heterocycles. The van der Waals surface area contributed by atoms with Crippen LogP contribution in [0.3, 0.4) is 0 Å². The second-order valence-electron chi connectivity index (χ2n) is 5.42. The summed E-state index contributed by atoms with van der Waals surface area (Å²) < 4.78 is 0. The number of benzene rings is 2. The van der Waals surface area contributed by atoms with Crippen molar-refractivity contribution in [1.82, 2.24) is 4.90 Å². The third-order valence-corrected chi connectivity index (χ3v) is 3.49.